The third kappa shape index (κ3) is 3.33. The normalized spacial score (nSPS) is 19.5. The first-order valence-electron chi connectivity index (χ1n) is 7.28. The van der Waals surface area contributed by atoms with Crippen molar-refractivity contribution < 1.29 is 9.53 Å². The van der Waals surface area contributed by atoms with Gasteiger partial charge >= 0.3 is 6.03 Å². The molecule has 1 saturated heterocycles. The van der Waals surface area contributed by atoms with Gasteiger partial charge in [0, 0.05) is 44.8 Å². The van der Waals surface area contributed by atoms with Crippen LogP contribution in [0.25, 0.3) is 5.65 Å². The van der Waals surface area contributed by atoms with Gasteiger partial charge in [0.1, 0.15) is 5.65 Å². The molecule has 6 heteroatoms. The molecule has 0 radical (unpaired) electrons. The molecule has 0 bridgehead atoms. The fraction of sp³-hybridized carbons (Fsp3) is 0.467. The zero-order valence-corrected chi connectivity index (χ0v) is 12.2. The Morgan fingerprint density at radius 1 is 1.52 bits per heavy atom. The molecule has 112 valence electrons. The first-order chi connectivity index (χ1) is 10.2. The maximum Gasteiger partial charge on any atom is 0.317 e. The minimum absolute atomic E-state index is 0.0319. The summed E-state index contributed by atoms with van der Waals surface area (Å²) in [6.07, 6.45) is 6.59. The van der Waals surface area contributed by atoms with Gasteiger partial charge in [-0.2, -0.15) is 0 Å². The van der Waals surface area contributed by atoms with E-state index in [-0.39, 0.29) is 12.1 Å². The van der Waals surface area contributed by atoms with Crippen molar-refractivity contribution in [2.45, 2.75) is 26.0 Å². The number of carbonyl (C=O) groups excluding carboxylic acids is 1. The van der Waals surface area contributed by atoms with Crippen LogP contribution in [-0.2, 0) is 11.3 Å². The lowest BCUT2D eigenvalue weighted by molar-refractivity contribution is 0.0710. The van der Waals surface area contributed by atoms with Gasteiger partial charge in [0.15, 0.2) is 0 Å². The van der Waals surface area contributed by atoms with Gasteiger partial charge in [-0.3, -0.25) is 0 Å². The first kappa shape index (κ1) is 13.9. The predicted octanol–water partition coefficient (Wildman–Crippen LogP) is 1.65. The largest absolute Gasteiger partial charge is 0.377 e. The van der Waals surface area contributed by atoms with Gasteiger partial charge in [0.25, 0.3) is 0 Å². The van der Waals surface area contributed by atoms with Crippen LogP contribution in [0.3, 0.4) is 0 Å². The number of hydrogen-bond donors (Lipinski definition) is 1. The van der Waals surface area contributed by atoms with Gasteiger partial charge in [-0.05, 0) is 31.0 Å². The van der Waals surface area contributed by atoms with Crippen LogP contribution in [0.5, 0.6) is 0 Å². The number of fused-ring (bicyclic) bond motifs is 1. The molecule has 1 fully saturated rings. The van der Waals surface area contributed by atoms with Crippen LogP contribution in [0.2, 0.25) is 0 Å². The van der Waals surface area contributed by atoms with Crippen molar-refractivity contribution in [3.05, 3.63) is 36.3 Å². The molecule has 1 aliphatic heterocycles. The third-order valence-electron chi connectivity index (χ3n) is 3.65. The number of aromatic nitrogens is 2. The summed E-state index contributed by atoms with van der Waals surface area (Å²) in [5.74, 6) is 0. The SMILES string of the molecule is CC1CN(C(=O)NCc2ccn3ccnc3c2)CCCO1. The van der Waals surface area contributed by atoms with Crippen molar-refractivity contribution in [3.63, 3.8) is 0 Å². The monoisotopic (exact) mass is 288 g/mol. The molecule has 3 heterocycles. The Labute approximate surface area is 123 Å². The van der Waals surface area contributed by atoms with Crippen LogP contribution in [0.4, 0.5) is 4.79 Å². The van der Waals surface area contributed by atoms with Crippen molar-refractivity contribution >= 4 is 11.7 Å². The number of pyridine rings is 1. The number of ether oxygens (including phenoxy) is 1. The number of carbonyl (C=O) groups is 1. The highest BCUT2D eigenvalue weighted by Gasteiger charge is 2.19. The Balaban J connectivity index is 1.59. The first-order valence-corrected chi connectivity index (χ1v) is 7.28. The highest BCUT2D eigenvalue weighted by molar-refractivity contribution is 5.74. The number of amides is 2. The highest BCUT2D eigenvalue weighted by atomic mass is 16.5. The fourth-order valence-electron chi connectivity index (χ4n) is 2.53. The molecule has 0 saturated carbocycles. The summed E-state index contributed by atoms with van der Waals surface area (Å²) in [5.41, 5.74) is 1.93. The molecule has 0 spiro atoms. The second-order valence-electron chi connectivity index (χ2n) is 5.37. The van der Waals surface area contributed by atoms with Gasteiger partial charge in [0.05, 0.1) is 6.10 Å². The van der Waals surface area contributed by atoms with E-state index < -0.39 is 0 Å². The van der Waals surface area contributed by atoms with Crippen LogP contribution in [-0.4, -0.2) is 46.1 Å². The minimum atomic E-state index is -0.0319. The van der Waals surface area contributed by atoms with Gasteiger partial charge in [-0.15, -0.1) is 0 Å². The number of urea groups is 1. The van der Waals surface area contributed by atoms with E-state index in [0.29, 0.717) is 13.1 Å². The standard InChI is InChI=1S/C15H20N4O2/c1-12-11-19(5-2-8-21-12)15(20)17-10-13-3-6-18-7-4-16-14(18)9-13/h3-4,6-7,9,12H,2,5,8,10-11H2,1H3,(H,17,20). The van der Waals surface area contributed by atoms with E-state index in [1.807, 2.05) is 40.8 Å². The Kier molecular flexibility index (Phi) is 4.06. The Morgan fingerprint density at radius 2 is 2.43 bits per heavy atom. The molecule has 1 N–H and O–H groups in total. The molecule has 1 aliphatic rings. The Bertz CT molecular complexity index is 625. The second-order valence-corrected chi connectivity index (χ2v) is 5.37. The maximum absolute atomic E-state index is 12.2. The smallest absolute Gasteiger partial charge is 0.317 e. The molecular formula is C15H20N4O2. The highest BCUT2D eigenvalue weighted by Crippen LogP contribution is 2.07. The molecule has 2 aromatic heterocycles. The summed E-state index contributed by atoms with van der Waals surface area (Å²) < 4.78 is 7.50. The number of hydrogen-bond acceptors (Lipinski definition) is 3. The number of rotatable bonds is 2. The predicted molar refractivity (Wildman–Crippen MR) is 79.0 cm³/mol. The van der Waals surface area contributed by atoms with E-state index in [4.69, 9.17) is 4.74 Å². The lowest BCUT2D eigenvalue weighted by atomic mass is 10.2. The van der Waals surface area contributed by atoms with E-state index in [1.54, 1.807) is 6.20 Å². The summed E-state index contributed by atoms with van der Waals surface area (Å²) in [7, 11) is 0. The summed E-state index contributed by atoms with van der Waals surface area (Å²) in [4.78, 5) is 18.3. The Morgan fingerprint density at radius 3 is 3.33 bits per heavy atom. The fourth-order valence-corrected chi connectivity index (χ4v) is 2.53. The van der Waals surface area contributed by atoms with Crippen LogP contribution in [0.1, 0.15) is 18.9 Å². The summed E-state index contributed by atoms with van der Waals surface area (Å²) in [6, 6.07) is 3.94. The van der Waals surface area contributed by atoms with Crippen LogP contribution >= 0.6 is 0 Å². The van der Waals surface area contributed by atoms with Gasteiger partial charge in [0.2, 0.25) is 0 Å². The van der Waals surface area contributed by atoms with Crippen molar-refractivity contribution in [1.29, 1.82) is 0 Å². The average molecular weight is 288 g/mol. The van der Waals surface area contributed by atoms with Gasteiger partial charge < -0.3 is 19.4 Å². The molecule has 3 rings (SSSR count). The molecular weight excluding hydrogens is 268 g/mol. The molecule has 1 atom stereocenters. The molecule has 0 aliphatic carbocycles. The molecule has 2 amide bonds. The summed E-state index contributed by atoms with van der Waals surface area (Å²) >= 11 is 0. The molecule has 6 nitrogen and oxygen atoms in total. The van der Waals surface area contributed by atoms with Crippen molar-refractivity contribution in [1.82, 2.24) is 19.6 Å². The number of nitrogens with one attached hydrogen (secondary N) is 1. The molecule has 21 heavy (non-hydrogen) atoms. The zero-order chi connectivity index (χ0) is 14.7. The second kappa shape index (κ2) is 6.13. The van der Waals surface area contributed by atoms with Crippen LogP contribution < -0.4 is 5.32 Å². The quantitative estimate of drug-likeness (QED) is 0.914. The molecule has 1 unspecified atom stereocenters. The summed E-state index contributed by atoms with van der Waals surface area (Å²) in [6.45, 7) is 4.62. The zero-order valence-electron chi connectivity index (χ0n) is 12.2. The van der Waals surface area contributed by atoms with E-state index in [1.165, 1.54) is 0 Å². The lowest BCUT2D eigenvalue weighted by Crippen LogP contribution is -2.42. The average Bonchev–Trinajstić information content (AvgIpc) is 2.84. The van der Waals surface area contributed by atoms with E-state index >= 15 is 0 Å². The third-order valence-corrected chi connectivity index (χ3v) is 3.65. The van der Waals surface area contributed by atoms with E-state index in [0.717, 1.165) is 30.8 Å². The van der Waals surface area contributed by atoms with Gasteiger partial charge in [-0.25, -0.2) is 9.78 Å². The van der Waals surface area contributed by atoms with Crippen molar-refractivity contribution in [3.8, 4) is 0 Å². The molecule has 2 aromatic rings. The molecule has 0 aromatic carbocycles. The van der Waals surface area contributed by atoms with Crippen molar-refractivity contribution in [2.75, 3.05) is 19.7 Å². The Hall–Kier alpha value is -2.08. The van der Waals surface area contributed by atoms with E-state index in [9.17, 15) is 4.79 Å². The number of imidazole rings is 1. The van der Waals surface area contributed by atoms with Crippen LogP contribution in [0, 0.1) is 0 Å². The van der Waals surface area contributed by atoms with E-state index in [2.05, 4.69) is 10.3 Å². The van der Waals surface area contributed by atoms with Crippen molar-refractivity contribution in [2.24, 2.45) is 0 Å². The van der Waals surface area contributed by atoms with Gasteiger partial charge in [-0.1, -0.05) is 0 Å². The van der Waals surface area contributed by atoms with Crippen LogP contribution in [0.15, 0.2) is 30.7 Å². The number of nitrogens with zero attached hydrogens (tertiary/aromatic N) is 3. The minimum Gasteiger partial charge on any atom is -0.377 e. The lowest BCUT2D eigenvalue weighted by Gasteiger charge is -2.22. The summed E-state index contributed by atoms with van der Waals surface area (Å²) in [5, 5.41) is 2.97. The topological polar surface area (TPSA) is 58.9 Å². The maximum atomic E-state index is 12.2.